The minimum atomic E-state index is -0.205. The van der Waals surface area contributed by atoms with Crippen LogP contribution in [0.2, 0.25) is 0 Å². The van der Waals surface area contributed by atoms with Crippen LogP contribution in [0.4, 0.5) is 34.1 Å². The van der Waals surface area contributed by atoms with Crippen molar-refractivity contribution in [1.82, 2.24) is 18.3 Å². The van der Waals surface area contributed by atoms with Crippen LogP contribution >= 0.6 is 0 Å². The lowest BCUT2D eigenvalue weighted by atomic mass is 9.30. The van der Waals surface area contributed by atoms with Crippen molar-refractivity contribution in [1.29, 1.82) is 0 Å². The van der Waals surface area contributed by atoms with E-state index in [4.69, 9.17) is 0 Å². The Kier molecular flexibility index (Phi) is 15.1. The number of anilines is 6. The van der Waals surface area contributed by atoms with Gasteiger partial charge >= 0.3 is 0 Å². The van der Waals surface area contributed by atoms with E-state index in [2.05, 4.69) is 413 Å². The number of aryl methyl sites for hydroxylation is 3. The van der Waals surface area contributed by atoms with E-state index < -0.39 is 0 Å². The Balaban J connectivity index is 0.935. The molecule has 0 amide bonds. The van der Waals surface area contributed by atoms with E-state index >= 15 is 0 Å². The molecule has 0 atom stereocenters. The monoisotopic (exact) mass is 1520 g/mol. The molecule has 0 unspecified atom stereocenters. The third-order valence-electron chi connectivity index (χ3n) is 27.3. The third-order valence-corrected chi connectivity index (χ3v) is 27.3. The zero-order valence-corrected chi connectivity index (χ0v) is 73.1. The van der Waals surface area contributed by atoms with Gasteiger partial charge in [-0.05, 0) is 270 Å². The molecule has 0 saturated carbocycles. The summed E-state index contributed by atoms with van der Waals surface area (Å²) in [6, 6.07) is 89.2. The van der Waals surface area contributed by atoms with Gasteiger partial charge < -0.3 is 28.1 Å². The SMILES string of the molecule is Cc1ccc(N2c3cc4c(cc3B3c5c2cc(-n2c6ccc(C(C)(C)C)cc6c6cc(C(C)(C)C)ccc62)cc5-n2c5ccc(C(C)(C)C)cc5c5cc(C)cc3c52)B2c3c(cc(-n5c6ccc(C(C)(C)C)cc6c6cc(C(C)(C)C)ccc65)cc3-n3c5ccc(C(C)(C)C)cc5c5cc(C(C)(C)C)cc2c53)N4c2ccc(C)cc2)cc1. The Morgan fingerprint density at radius 1 is 0.197 bits per heavy atom. The van der Waals surface area contributed by atoms with E-state index in [1.807, 2.05) is 0 Å². The summed E-state index contributed by atoms with van der Waals surface area (Å²) in [5.41, 5.74) is 41.8. The minimum absolute atomic E-state index is 0.0620. The first-order valence-electron chi connectivity index (χ1n) is 42.9. The molecule has 4 aliphatic heterocycles. The normalized spacial score (nSPS) is 14.3. The maximum absolute atomic E-state index is 2.76. The Labute approximate surface area is 691 Å². The maximum Gasteiger partial charge on any atom is 0.252 e. The quantitative estimate of drug-likeness (QED) is 0.164. The van der Waals surface area contributed by atoms with Crippen LogP contribution in [-0.2, 0) is 37.9 Å². The fourth-order valence-electron chi connectivity index (χ4n) is 20.7. The molecular formula is C109H108B2N6. The Bertz CT molecular complexity index is 7110. The summed E-state index contributed by atoms with van der Waals surface area (Å²) in [6.45, 7) is 56.1. The van der Waals surface area contributed by atoms with Gasteiger partial charge in [-0.1, -0.05) is 241 Å². The summed E-state index contributed by atoms with van der Waals surface area (Å²) in [5.74, 6) is 0. The van der Waals surface area contributed by atoms with Gasteiger partial charge in [-0.3, -0.25) is 0 Å². The fourth-order valence-corrected chi connectivity index (χ4v) is 20.7. The summed E-state index contributed by atoms with van der Waals surface area (Å²) in [7, 11) is 0. The van der Waals surface area contributed by atoms with E-state index in [1.54, 1.807) is 0 Å². The van der Waals surface area contributed by atoms with Gasteiger partial charge in [0, 0.05) is 99.6 Å². The number of rotatable bonds is 4. The average Bonchev–Trinajstić information content (AvgIpc) is 1.63. The molecule has 6 nitrogen and oxygen atoms in total. The van der Waals surface area contributed by atoms with Crippen molar-refractivity contribution in [2.24, 2.45) is 0 Å². The van der Waals surface area contributed by atoms with Crippen LogP contribution in [0.3, 0.4) is 0 Å². The molecule has 8 heteroatoms. The molecule has 117 heavy (non-hydrogen) atoms. The molecule has 17 aromatic rings. The molecule has 0 bridgehead atoms. The number of fused-ring (bicyclic) bond motifs is 20. The van der Waals surface area contributed by atoms with Gasteiger partial charge in [0.05, 0.1) is 44.5 Å². The number of hydrogen-bond acceptors (Lipinski definition) is 2. The number of hydrogen-bond donors (Lipinski definition) is 0. The largest absolute Gasteiger partial charge is 0.311 e. The first kappa shape index (κ1) is 73.4. The van der Waals surface area contributed by atoms with Crippen LogP contribution in [0.15, 0.2) is 218 Å². The zero-order valence-electron chi connectivity index (χ0n) is 73.1. The molecule has 4 aliphatic rings. The van der Waals surface area contributed by atoms with Crippen molar-refractivity contribution >= 4 is 168 Å². The Morgan fingerprint density at radius 3 is 0.786 bits per heavy atom. The van der Waals surface area contributed by atoms with Crippen molar-refractivity contribution in [3.8, 4) is 22.7 Å². The second-order valence-electron chi connectivity index (χ2n) is 42.7. The second-order valence-corrected chi connectivity index (χ2v) is 42.7. The predicted molar refractivity (Wildman–Crippen MR) is 508 cm³/mol. The van der Waals surface area contributed by atoms with Crippen molar-refractivity contribution in [3.05, 3.63) is 274 Å². The van der Waals surface area contributed by atoms with Gasteiger partial charge in [-0.25, -0.2) is 0 Å². The van der Waals surface area contributed by atoms with Gasteiger partial charge in [-0.2, -0.15) is 0 Å². The van der Waals surface area contributed by atoms with Gasteiger partial charge in [0.15, 0.2) is 0 Å². The third kappa shape index (κ3) is 10.8. The average molecular weight is 1520 g/mol. The van der Waals surface area contributed by atoms with Gasteiger partial charge in [-0.15, -0.1) is 0 Å². The van der Waals surface area contributed by atoms with Crippen molar-refractivity contribution in [2.75, 3.05) is 9.80 Å². The zero-order chi connectivity index (χ0) is 81.8. The maximum atomic E-state index is 2.76. The molecule has 8 heterocycles. The molecule has 4 aromatic heterocycles. The van der Waals surface area contributed by atoms with Crippen LogP contribution in [-0.4, -0.2) is 31.7 Å². The van der Waals surface area contributed by atoms with E-state index in [1.165, 1.54) is 210 Å². The van der Waals surface area contributed by atoms with Crippen molar-refractivity contribution in [3.63, 3.8) is 0 Å². The number of aromatic nitrogens is 4. The number of benzene rings is 13. The molecule has 0 aliphatic carbocycles. The van der Waals surface area contributed by atoms with E-state index in [0.29, 0.717) is 0 Å². The molecule has 0 spiro atoms. The molecule has 0 N–H and O–H groups in total. The molecule has 0 fully saturated rings. The van der Waals surface area contributed by atoms with Crippen molar-refractivity contribution < 1.29 is 0 Å². The lowest BCUT2D eigenvalue weighted by Crippen LogP contribution is -2.64. The summed E-state index contributed by atoms with van der Waals surface area (Å²) in [6.07, 6.45) is 0. The first-order chi connectivity index (χ1) is 55.1. The van der Waals surface area contributed by atoms with E-state index in [9.17, 15) is 0 Å². The molecule has 0 saturated heterocycles. The Hall–Kier alpha value is -11.2. The smallest absolute Gasteiger partial charge is 0.252 e. The molecule has 21 rings (SSSR count). The van der Waals surface area contributed by atoms with Crippen LogP contribution in [0.1, 0.15) is 201 Å². The van der Waals surface area contributed by atoms with Crippen LogP contribution in [0.5, 0.6) is 0 Å². The highest BCUT2D eigenvalue weighted by Gasteiger charge is 2.49. The lowest BCUT2D eigenvalue weighted by Gasteiger charge is -2.45. The highest BCUT2D eigenvalue weighted by molar-refractivity contribution is 7.03. The molecule has 580 valence electrons. The summed E-state index contributed by atoms with van der Waals surface area (Å²) in [4.78, 5) is 5.40. The fraction of sp³-hybridized carbons (Fsp3) is 0.284. The number of nitrogens with zero attached hydrogens (tertiary/aromatic N) is 6. The van der Waals surface area contributed by atoms with E-state index in [-0.39, 0.29) is 51.3 Å². The highest BCUT2D eigenvalue weighted by Crippen LogP contribution is 2.52. The Morgan fingerprint density at radius 2 is 0.470 bits per heavy atom. The van der Waals surface area contributed by atoms with Crippen LogP contribution < -0.4 is 42.6 Å². The second kappa shape index (κ2) is 24.0. The first-order valence-corrected chi connectivity index (χ1v) is 42.9. The van der Waals surface area contributed by atoms with Crippen LogP contribution in [0.25, 0.3) is 110 Å². The van der Waals surface area contributed by atoms with E-state index in [0.717, 1.165) is 22.7 Å². The molecular weight excluding hydrogens is 1410 g/mol. The topological polar surface area (TPSA) is 26.2 Å². The van der Waals surface area contributed by atoms with Crippen LogP contribution in [0, 0.1) is 20.8 Å². The lowest BCUT2D eigenvalue weighted by molar-refractivity contribution is 0.590. The summed E-state index contributed by atoms with van der Waals surface area (Å²) < 4.78 is 10.7. The standard InChI is InChI=1S/C109H108B2N6/c1-61-25-35-71(36-26-61)112-93-60-94-84(59-83(93)110-85-46-63(3)45-81-79-51-68(107(16,17)18)33-43-91(79)116(101(81)85)97-57-73(55-95(112)99(97)110)114-87-39-29-64(103(4,5)6)47-75(87)76-48-65(104(7,8)9)30-40-88(76)114)111-86-54-70(109(22,23)24)53-82-80-52-69(108(19,20)21)34-44-92(80)117(102(82)86)98-58-74(56-96(100(98)111)113(94)72-37-27-62(2)28-38-72)115-89-41-31-66(105(10,11)12)49-77(89)78-50-67(106(13,14)15)32-42-90(78)115/h25-60H,1-24H3. The predicted octanol–water partition coefficient (Wildman–Crippen LogP) is 25.3. The summed E-state index contributed by atoms with van der Waals surface area (Å²) in [5, 5.41) is 10.3. The molecule has 13 aromatic carbocycles. The molecule has 0 radical (unpaired) electrons. The van der Waals surface area contributed by atoms with Gasteiger partial charge in [0.25, 0.3) is 13.4 Å². The van der Waals surface area contributed by atoms with Gasteiger partial charge in [0.2, 0.25) is 0 Å². The van der Waals surface area contributed by atoms with Gasteiger partial charge in [0.1, 0.15) is 0 Å². The summed E-state index contributed by atoms with van der Waals surface area (Å²) >= 11 is 0. The minimum Gasteiger partial charge on any atom is -0.311 e. The highest BCUT2D eigenvalue weighted by atomic mass is 15.2. The van der Waals surface area contributed by atoms with Crippen molar-refractivity contribution in [2.45, 2.75) is 204 Å².